The molecule has 9 nitrogen and oxygen atoms in total. The number of hydrogen-bond acceptors (Lipinski definition) is 6. The van der Waals surface area contributed by atoms with E-state index < -0.39 is 29.9 Å². The summed E-state index contributed by atoms with van der Waals surface area (Å²) in [4.78, 5) is 56.4. The molecule has 0 aliphatic carbocycles. The number of anilines is 1. The van der Waals surface area contributed by atoms with E-state index in [1.165, 1.54) is 21.9 Å². The van der Waals surface area contributed by atoms with E-state index in [-0.39, 0.29) is 37.0 Å². The Morgan fingerprint density at radius 3 is 2.41 bits per heavy atom. The number of phenolic OH excluding ortho intramolecular Hbond substituents is 1. The average Bonchev–Trinajstić information content (AvgIpc) is 3.50. The Balaban J connectivity index is 1.38. The summed E-state index contributed by atoms with van der Waals surface area (Å²) in [6.45, 7) is 0.194. The second kappa shape index (κ2) is 10.9. The lowest BCUT2D eigenvalue weighted by molar-refractivity contribution is -0.138. The molecule has 3 aromatic rings. The molecule has 5 rings (SSSR count). The summed E-state index contributed by atoms with van der Waals surface area (Å²) < 4.78 is 0.723. The highest BCUT2D eigenvalue weighted by molar-refractivity contribution is 9.10. The van der Waals surface area contributed by atoms with Crippen LogP contribution in [0.2, 0.25) is 0 Å². The second-order valence-electron chi connectivity index (χ2n) is 9.76. The molecule has 0 radical (unpaired) electrons. The number of carbonyl (C=O) groups is 4. The van der Waals surface area contributed by atoms with Crippen molar-refractivity contribution < 1.29 is 24.3 Å². The topological polar surface area (TPSA) is 133 Å². The quantitative estimate of drug-likeness (QED) is 0.378. The summed E-state index contributed by atoms with van der Waals surface area (Å²) in [5, 5.41) is 12.5. The summed E-state index contributed by atoms with van der Waals surface area (Å²) in [5.74, 6) is -1.23. The van der Waals surface area contributed by atoms with Gasteiger partial charge in [0.1, 0.15) is 17.8 Å². The van der Waals surface area contributed by atoms with Crippen LogP contribution < -0.4 is 11.1 Å². The van der Waals surface area contributed by atoms with Gasteiger partial charge in [0.2, 0.25) is 5.91 Å². The number of nitrogens with zero attached hydrogens (tertiary/aromatic N) is 2. The number of nitrogens with one attached hydrogen (secondary N) is 1. The summed E-state index contributed by atoms with van der Waals surface area (Å²) in [6, 6.07) is 17.5. The Kier molecular flexibility index (Phi) is 7.38. The highest BCUT2D eigenvalue weighted by atomic mass is 79.9. The molecule has 0 spiro atoms. The van der Waals surface area contributed by atoms with E-state index in [4.69, 9.17) is 5.73 Å². The van der Waals surface area contributed by atoms with Gasteiger partial charge in [-0.15, -0.1) is 0 Å². The lowest BCUT2D eigenvalue weighted by Gasteiger charge is -2.28. The van der Waals surface area contributed by atoms with Crippen LogP contribution in [0.15, 0.2) is 77.3 Å². The Morgan fingerprint density at radius 1 is 1.00 bits per heavy atom. The molecule has 39 heavy (non-hydrogen) atoms. The van der Waals surface area contributed by atoms with Crippen LogP contribution in [0.25, 0.3) is 0 Å². The first-order valence-electron chi connectivity index (χ1n) is 12.6. The third kappa shape index (κ3) is 5.51. The number of nitrogens with two attached hydrogens (primary N) is 1. The lowest BCUT2D eigenvalue weighted by Crippen LogP contribution is -2.53. The van der Waals surface area contributed by atoms with Crippen molar-refractivity contribution in [3.63, 3.8) is 0 Å². The Morgan fingerprint density at radius 2 is 1.72 bits per heavy atom. The number of fused-ring (bicyclic) bond motifs is 1. The van der Waals surface area contributed by atoms with Crippen molar-refractivity contribution in [3.8, 4) is 5.75 Å². The van der Waals surface area contributed by atoms with E-state index in [1.54, 1.807) is 60.7 Å². The maximum absolute atomic E-state index is 13.9. The minimum atomic E-state index is -0.963. The molecule has 0 bridgehead atoms. The van der Waals surface area contributed by atoms with Gasteiger partial charge in [-0.2, -0.15) is 0 Å². The molecule has 2 unspecified atom stereocenters. The van der Waals surface area contributed by atoms with Crippen LogP contribution in [0.1, 0.15) is 32.7 Å². The molecule has 2 aliphatic heterocycles. The van der Waals surface area contributed by atoms with E-state index in [1.807, 2.05) is 0 Å². The lowest BCUT2D eigenvalue weighted by atomic mass is 10.0. The van der Waals surface area contributed by atoms with Gasteiger partial charge in [-0.3, -0.25) is 19.2 Å². The molecule has 4 N–H and O–H groups in total. The van der Waals surface area contributed by atoms with Crippen LogP contribution in [0.5, 0.6) is 5.75 Å². The number of hydrogen-bond donors (Lipinski definition) is 3. The van der Waals surface area contributed by atoms with Crippen molar-refractivity contribution in [1.29, 1.82) is 0 Å². The maximum Gasteiger partial charge on any atom is 0.254 e. The number of rotatable bonds is 6. The zero-order chi connectivity index (χ0) is 27.7. The number of Topliss-reactive ketones (excluding diaryl/α,β-unsaturated/α-hetero) is 1. The van der Waals surface area contributed by atoms with Crippen LogP contribution in [-0.2, 0) is 16.0 Å². The van der Waals surface area contributed by atoms with Gasteiger partial charge in [0.05, 0.1) is 12.6 Å². The van der Waals surface area contributed by atoms with Gasteiger partial charge in [-0.25, -0.2) is 0 Å². The van der Waals surface area contributed by atoms with E-state index in [0.717, 1.165) is 10.0 Å². The van der Waals surface area contributed by atoms with Gasteiger partial charge < -0.3 is 26.0 Å². The monoisotopic (exact) mass is 590 g/mol. The minimum Gasteiger partial charge on any atom is -0.508 e. The number of ketones is 1. The minimum absolute atomic E-state index is 0.0876. The van der Waals surface area contributed by atoms with Crippen molar-refractivity contribution >= 4 is 45.1 Å². The summed E-state index contributed by atoms with van der Waals surface area (Å²) >= 11 is 3.36. The molecule has 3 atom stereocenters. The predicted octanol–water partition coefficient (Wildman–Crippen LogP) is 2.77. The fraction of sp³-hybridized carbons (Fsp3) is 0.241. The molecule has 0 saturated carbocycles. The highest BCUT2D eigenvalue weighted by Gasteiger charge is 2.52. The highest BCUT2D eigenvalue weighted by Crippen LogP contribution is 2.32. The number of carbonyl (C=O) groups excluding carboxylic acids is 4. The van der Waals surface area contributed by atoms with Gasteiger partial charge in [-0.1, -0.05) is 34.1 Å². The van der Waals surface area contributed by atoms with Crippen LogP contribution >= 0.6 is 15.9 Å². The number of benzene rings is 3. The van der Waals surface area contributed by atoms with Crippen molar-refractivity contribution in [3.05, 3.63) is 94.0 Å². The van der Waals surface area contributed by atoms with Crippen LogP contribution in [-0.4, -0.2) is 69.6 Å². The number of amides is 3. The molecule has 2 saturated heterocycles. The molecule has 200 valence electrons. The standard InChI is InChI=1S/C29H27BrN4O5/c30-20-3-1-2-19(15-20)27(37)32-23(14-17-4-10-22(35)11-5-17)29(39)33-13-12-24-26(33)25(36)16-34(24)28(38)18-6-8-21(31)9-7-18/h1-11,15,23-24,26,35H,12-14,16,31H2,(H,32,37)/t23-,24?,26?/m0/s1. The Bertz CT molecular complexity index is 1430. The zero-order valence-corrected chi connectivity index (χ0v) is 22.5. The number of phenols is 1. The number of halogens is 1. The molecule has 10 heteroatoms. The summed E-state index contributed by atoms with van der Waals surface area (Å²) in [6.07, 6.45) is 0.614. The van der Waals surface area contributed by atoms with Crippen LogP contribution in [0.4, 0.5) is 5.69 Å². The Hall–Kier alpha value is -4.18. The third-order valence-corrected chi connectivity index (χ3v) is 7.68. The van der Waals surface area contributed by atoms with E-state index in [0.29, 0.717) is 23.2 Å². The van der Waals surface area contributed by atoms with Gasteiger partial charge in [0.15, 0.2) is 5.78 Å². The van der Waals surface area contributed by atoms with Crippen LogP contribution in [0, 0.1) is 0 Å². The summed E-state index contributed by atoms with van der Waals surface area (Å²) in [5.41, 5.74) is 7.81. The fourth-order valence-corrected chi connectivity index (χ4v) is 5.67. The molecule has 2 heterocycles. The van der Waals surface area contributed by atoms with Gasteiger partial charge in [0, 0.05) is 34.3 Å². The smallest absolute Gasteiger partial charge is 0.254 e. The normalized spacial score (nSPS) is 19.1. The number of aromatic hydroxyl groups is 1. The zero-order valence-electron chi connectivity index (χ0n) is 20.9. The largest absolute Gasteiger partial charge is 0.508 e. The first-order chi connectivity index (χ1) is 18.7. The molecular weight excluding hydrogens is 564 g/mol. The summed E-state index contributed by atoms with van der Waals surface area (Å²) in [7, 11) is 0. The van der Waals surface area contributed by atoms with Gasteiger partial charge in [-0.05, 0) is 66.6 Å². The predicted molar refractivity (Wildman–Crippen MR) is 148 cm³/mol. The SMILES string of the molecule is Nc1ccc(C(=O)N2CC(=O)C3C2CCN3C(=O)[C@H](Cc2ccc(O)cc2)NC(=O)c2cccc(Br)c2)cc1. The van der Waals surface area contributed by atoms with Crippen LogP contribution in [0.3, 0.4) is 0 Å². The van der Waals surface area contributed by atoms with E-state index in [2.05, 4.69) is 21.2 Å². The fourth-order valence-electron chi connectivity index (χ4n) is 5.27. The van der Waals surface area contributed by atoms with Crippen molar-refractivity contribution in [2.75, 3.05) is 18.8 Å². The van der Waals surface area contributed by atoms with Gasteiger partial charge >= 0.3 is 0 Å². The maximum atomic E-state index is 13.9. The van der Waals surface area contributed by atoms with Crippen molar-refractivity contribution in [1.82, 2.24) is 15.1 Å². The first kappa shape index (κ1) is 26.4. The molecule has 2 aliphatic rings. The number of likely N-dealkylation sites (tertiary alicyclic amines) is 2. The Labute approximate surface area is 233 Å². The first-order valence-corrected chi connectivity index (χ1v) is 13.3. The van der Waals surface area contributed by atoms with Crippen molar-refractivity contribution in [2.24, 2.45) is 0 Å². The molecule has 0 aromatic heterocycles. The average molecular weight is 591 g/mol. The van der Waals surface area contributed by atoms with Crippen molar-refractivity contribution in [2.45, 2.75) is 31.0 Å². The molecule has 3 aromatic carbocycles. The van der Waals surface area contributed by atoms with Gasteiger partial charge in [0.25, 0.3) is 11.8 Å². The van der Waals surface area contributed by atoms with E-state index >= 15 is 0 Å². The number of nitrogen functional groups attached to an aromatic ring is 1. The molecule has 3 amide bonds. The molecular formula is C29H27BrN4O5. The van der Waals surface area contributed by atoms with E-state index in [9.17, 15) is 24.3 Å². The third-order valence-electron chi connectivity index (χ3n) is 7.19. The molecule has 2 fully saturated rings. The second-order valence-corrected chi connectivity index (χ2v) is 10.7.